The molecule has 0 aromatic heterocycles. The minimum Gasteiger partial charge on any atom is -0.494 e. The van der Waals surface area contributed by atoms with Crippen LogP contribution in [0.4, 0.5) is 17.1 Å². The molecule has 0 spiro atoms. The fraction of sp³-hybridized carbons (Fsp3) is 0.0800. The van der Waals surface area contributed by atoms with Crippen molar-refractivity contribution in [3.05, 3.63) is 94.1 Å². The molecule has 3 aromatic rings. The molecule has 7 nitrogen and oxygen atoms in total. The fourth-order valence-electron chi connectivity index (χ4n) is 3.29. The standard InChI is InChI=1S/C25H19Cl2N3O4/c1-2-34-20-13-9-18(10-14-20)29-23(31)15-3-7-17(8-4-15)28-22-21(27)24(32)30(25(22)33)19-11-5-16(26)6-12-19/h3-14,28H,2H2,1H3,(H,29,31). The van der Waals surface area contributed by atoms with E-state index >= 15 is 0 Å². The number of nitrogens with one attached hydrogen (secondary N) is 2. The first-order valence-corrected chi connectivity index (χ1v) is 11.1. The van der Waals surface area contributed by atoms with Crippen LogP contribution in [-0.2, 0) is 9.59 Å². The number of benzene rings is 3. The number of carbonyl (C=O) groups is 3. The van der Waals surface area contributed by atoms with Gasteiger partial charge in [-0.25, -0.2) is 4.90 Å². The van der Waals surface area contributed by atoms with Crippen molar-refractivity contribution in [1.29, 1.82) is 0 Å². The van der Waals surface area contributed by atoms with Gasteiger partial charge in [-0.3, -0.25) is 14.4 Å². The highest BCUT2D eigenvalue weighted by molar-refractivity contribution is 6.53. The number of hydrogen-bond donors (Lipinski definition) is 2. The fourth-order valence-corrected chi connectivity index (χ4v) is 3.63. The third kappa shape index (κ3) is 4.90. The van der Waals surface area contributed by atoms with Gasteiger partial charge in [0.15, 0.2) is 0 Å². The molecule has 172 valence electrons. The van der Waals surface area contributed by atoms with E-state index in [4.69, 9.17) is 27.9 Å². The maximum absolute atomic E-state index is 12.9. The Balaban J connectivity index is 1.43. The Morgan fingerprint density at radius 1 is 0.853 bits per heavy atom. The smallest absolute Gasteiger partial charge is 0.283 e. The number of anilines is 3. The summed E-state index contributed by atoms with van der Waals surface area (Å²) in [6, 6.07) is 19.8. The molecule has 1 aliphatic heterocycles. The number of rotatable bonds is 7. The lowest BCUT2D eigenvalue weighted by Gasteiger charge is -2.15. The first-order valence-electron chi connectivity index (χ1n) is 10.3. The van der Waals surface area contributed by atoms with E-state index in [-0.39, 0.29) is 16.6 Å². The van der Waals surface area contributed by atoms with Gasteiger partial charge < -0.3 is 15.4 Å². The van der Waals surface area contributed by atoms with Gasteiger partial charge in [0, 0.05) is 22.0 Å². The molecule has 0 radical (unpaired) electrons. The maximum Gasteiger partial charge on any atom is 0.283 e. The highest BCUT2D eigenvalue weighted by Crippen LogP contribution is 2.30. The third-order valence-electron chi connectivity index (χ3n) is 4.95. The first-order chi connectivity index (χ1) is 16.4. The van der Waals surface area contributed by atoms with Crippen LogP contribution in [0.1, 0.15) is 17.3 Å². The summed E-state index contributed by atoms with van der Waals surface area (Å²) in [6.45, 7) is 2.46. The highest BCUT2D eigenvalue weighted by Gasteiger charge is 2.38. The second-order valence-corrected chi connectivity index (χ2v) is 8.04. The predicted octanol–water partition coefficient (Wildman–Crippen LogP) is 5.43. The van der Waals surface area contributed by atoms with Gasteiger partial charge in [-0.1, -0.05) is 23.2 Å². The summed E-state index contributed by atoms with van der Waals surface area (Å²) in [5.41, 5.74) is 1.84. The Bertz CT molecular complexity index is 1270. The normalized spacial score (nSPS) is 13.3. The van der Waals surface area contributed by atoms with Gasteiger partial charge in [0.1, 0.15) is 16.5 Å². The number of imide groups is 1. The number of carbonyl (C=O) groups excluding carboxylic acids is 3. The van der Waals surface area contributed by atoms with Gasteiger partial charge in [-0.05, 0) is 79.7 Å². The van der Waals surface area contributed by atoms with Gasteiger partial charge in [0.25, 0.3) is 17.7 Å². The molecule has 9 heteroatoms. The Morgan fingerprint density at radius 2 is 1.47 bits per heavy atom. The van der Waals surface area contributed by atoms with E-state index in [0.717, 1.165) is 10.6 Å². The van der Waals surface area contributed by atoms with Crippen molar-refractivity contribution >= 4 is 58.0 Å². The van der Waals surface area contributed by atoms with Crippen molar-refractivity contribution in [3.63, 3.8) is 0 Å². The first kappa shape index (κ1) is 23.4. The molecule has 0 fully saturated rings. The largest absolute Gasteiger partial charge is 0.494 e. The number of hydrogen-bond acceptors (Lipinski definition) is 5. The number of amides is 3. The van der Waals surface area contributed by atoms with Crippen molar-refractivity contribution in [2.75, 3.05) is 22.1 Å². The van der Waals surface area contributed by atoms with E-state index in [1.807, 2.05) is 6.92 Å². The maximum atomic E-state index is 12.9. The Hall–Kier alpha value is -3.81. The van der Waals surface area contributed by atoms with Crippen LogP contribution in [0.5, 0.6) is 5.75 Å². The second-order valence-electron chi connectivity index (χ2n) is 7.22. The SMILES string of the molecule is CCOc1ccc(NC(=O)c2ccc(NC3=C(Cl)C(=O)N(c4ccc(Cl)cc4)C3=O)cc2)cc1. The molecule has 1 aliphatic rings. The zero-order valence-electron chi connectivity index (χ0n) is 18.0. The minimum atomic E-state index is -0.636. The van der Waals surface area contributed by atoms with Gasteiger partial charge in [0.05, 0.1) is 12.3 Å². The van der Waals surface area contributed by atoms with Crippen LogP contribution >= 0.6 is 23.2 Å². The summed E-state index contributed by atoms with van der Waals surface area (Å²) >= 11 is 12.0. The molecule has 3 amide bonds. The molecule has 34 heavy (non-hydrogen) atoms. The van der Waals surface area contributed by atoms with E-state index in [1.54, 1.807) is 72.8 Å². The zero-order chi connectivity index (χ0) is 24.2. The van der Waals surface area contributed by atoms with Crippen molar-refractivity contribution in [3.8, 4) is 5.75 Å². The van der Waals surface area contributed by atoms with E-state index in [0.29, 0.717) is 34.3 Å². The monoisotopic (exact) mass is 495 g/mol. The van der Waals surface area contributed by atoms with Gasteiger partial charge in [-0.15, -0.1) is 0 Å². The quantitative estimate of drug-likeness (QED) is 0.426. The van der Waals surface area contributed by atoms with Crippen LogP contribution in [0.3, 0.4) is 0 Å². The van der Waals surface area contributed by atoms with Crippen LogP contribution in [0, 0.1) is 0 Å². The lowest BCUT2D eigenvalue weighted by Crippen LogP contribution is -2.32. The Morgan fingerprint density at radius 3 is 2.09 bits per heavy atom. The van der Waals surface area contributed by atoms with Crippen molar-refractivity contribution < 1.29 is 19.1 Å². The predicted molar refractivity (Wildman–Crippen MR) is 132 cm³/mol. The summed E-state index contributed by atoms with van der Waals surface area (Å²) in [5.74, 6) is -0.801. The average molecular weight is 496 g/mol. The molecule has 3 aromatic carbocycles. The molecule has 0 bridgehead atoms. The molecular formula is C25H19Cl2N3O4. The molecular weight excluding hydrogens is 477 g/mol. The lowest BCUT2D eigenvalue weighted by molar-refractivity contribution is -0.120. The van der Waals surface area contributed by atoms with E-state index in [1.165, 1.54) is 0 Å². The number of ether oxygens (including phenoxy) is 1. The highest BCUT2D eigenvalue weighted by atomic mass is 35.5. The summed E-state index contributed by atoms with van der Waals surface area (Å²) in [7, 11) is 0. The van der Waals surface area contributed by atoms with E-state index < -0.39 is 11.8 Å². The zero-order valence-corrected chi connectivity index (χ0v) is 19.5. The molecule has 4 rings (SSSR count). The van der Waals surface area contributed by atoms with Gasteiger partial charge in [-0.2, -0.15) is 0 Å². The van der Waals surface area contributed by atoms with E-state index in [9.17, 15) is 14.4 Å². The minimum absolute atomic E-state index is 0.0480. The lowest BCUT2D eigenvalue weighted by atomic mass is 10.2. The topological polar surface area (TPSA) is 87.7 Å². The average Bonchev–Trinajstić information content (AvgIpc) is 3.04. The van der Waals surface area contributed by atoms with Crippen molar-refractivity contribution in [1.82, 2.24) is 0 Å². The molecule has 2 N–H and O–H groups in total. The summed E-state index contributed by atoms with van der Waals surface area (Å²) in [5, 5.41) is 5.94. The summed E-state index contributed by atoms with van der Waals surface area (Å²) < 4.78 is 5.39. The second kappa shape index (κ2) is 9.99. The third-order valence-corrected chi connectivity index (χ3v) is 5.55. The molecule has 0 saturated heterocycles. The molecule has 0 atom stereocenters. The van der Waals surface area contributed by atoms with Crippen molar-refractivity contribution in [2.24, 2.45) is 0 Å². The summed E-state index contributed by atoms with van der Waals surface area (Å²) in [4.78, 5) is 38.9. The Kier molecular flexibility index (Phi) is 6.86. The Labute approximate surface area is 205 Å². The van der Waals surface area contributed by atoms with Crippen molar-refractivity contribution in [2.45, 2.75) is 6.92 Å². The molecule has 0 aliphatic carbocycles. The summed E-state index contributed by atoms with van der Waals surface area (Å²) in [6.07, 6.45) is 0. The van der Waals surface area contributed by atoms with Crippen LogP contribution in [0.25, 0.3) is 0 Å². The van der Waals surface area contributed by atoms with E-state index in [2.05, 4.69) is 10.6 Å². The molecule has 0 saturated carbocycles. The molecule has 0 unspecified atom stereocenters. The van der Waals surface area contributed by atoms with Crippen LogP contribution in [-0.4, -0.2) is 24.3 Å². The van der Waals surface area contributed by atoms with Gasteiger partial charge >= 0.3 is 0 Å². The molecule has 1 heterocycles. The number of nitrogens with zero attached hydrogens (tertiary/aromatic N) is 1. The number of halogens is 2. The van der Waals surface area contributed by atoms with Gasteiger partial charge in [0.2, 0.25) is 0 Å². The van der Waals surface area contributed by atoms with Crippen LogP contribution < -0.4 is 20.3 Å². The van der Waals surface area contributed by atoms with Crippen LogP contribution in [0.2, 0.25) is 5.02 Å². The van der Waals surface area contributed by atoms with Crippen LogP contribution in [0.15, 0.2) is 83.5 Å².